The van der Waals surface area contributed by atoms with Crippen molar-refractivity contribution in [2.75, 3.05) is 5.32 Å². The van der Waals surface area contributed by atoms with Gasteiger partial charge in [0.15, 0.2) is 10.2 Å². The molecular formula is C16H13N3OS2. The molecule has 0 radical (unpaired) electrons. The van der Waals surface area contributed by atoms with Crippen LogP contribution in [-0.2, 0) is 11.2 Å². The number of hydrogen-bond donors (Lipinski definition) is 2. The van der Waals surface area contributed by atoms with Crippen molar-refractivity contribution in [1.82, 2.24) is 10.3 Å². The molecule has 2 N–H and O–H groups in total. The third kappa shape index (κ3) is 3.47. The third-order valence-corrected chi connectivity index (χ3v) is 4.03. The lowest BCUT2D eigenvalue weighted by Gasteiger charge is -2.09. The molecule has 0 unspecified atom stereocenters. The fourth-order valence-electron chi connectivity index (χ4n) is 2.20. The van der Waals surface area contributed by atoms with E-state index in [4.69, 9.17) is 12.2 Å². The van der Waals surface area contributed by atoms with Gasteiger partial charge in [0.25, 0.3) is 0 Å². The fourth-order valence-corrected chi connectivity index (χ4v) is 3.01. The second kappa shape index (κ2) is 6.64. The second-order valence-corrected chi connectivity index (χ2v) is 5.96. The predicted octanol–water partition coefficient (Wildman–Crippen LogP) is 3.35. The van der Waals surface area contributed by atoms with Crippen LogP contribution in [0, 0.1) is 0 Å². The van der Waals surface area contributed by atoms with E-state index in [1.807, 2.05) is 47.8 Å². The van der Waals surface area contributed by atoms with Gasteiger partial charge in [-0.05, 0) is 28.6 Å². The zero-order valence-electron chi connectivity index (χ0n) is 11.6. The van der Waals surface area contributed by atoms with E-state index in [9.17, 15) is 4.79 Å². The first kappa shape index (κ1) is 14.6. The number of carbonyl (C=O) groups is 1. The highest BCUT2D eigenvalue weighted by Gasteiger charge is 2.09. The molecule has 2 aromatic carbocycles. The van der Waals surface area contributed by atoms with Crippen molar-refractivity contribution in [3.63, 3.8) is 0 Å². The molecule has 0 aliphatic rings. The number of amides is 1. The number of nitrogens with one attached hydrogen (secondary N) is 2. The van der Waals surface area contributed by atoms with Gasteiger partial charge >= 0.3 is 0 Å². The molecular weight excluding hydrogens is 314 g/mol. The quantitative estimate of drug-likeness (QED) is 0.724. The van der Waals surface area contributed by atoms with Crippen molar-refractivity contribution < 1.29 is 4.79 Å². The summed E-state index contributed by atoms with van der Waals surface area (Å²) in [7, 11) is 0. The number of thiazole rings is 1. The first-order valence-electron chi connectivity index (χ1n) is 6.69. The summed E-state index contributed by atoms with van der Waals surface area (Å²) < 4.78 is 0. The van der Waals surface area contributed by atoms with Crippen molar-refractivity contribution in [2.45, 2.75) is 6.42 Å². The van der Waals surface area contributed by atoms with Crippen LogP contribution in [-0.4, -0.2) is 16.0 Å². The Bertz CT molecular complexity index is 810. The Hall–Kier alpha value is -2.31. The van der Waals surface area contributed by atoms with Gasteiger partial charge in [0.05, 0.1) is 6.42 Å². The molecule has 1 amide bonds. The van der Waals surface area contributed by atoms with E-state index >= 15 is 0 Å². The van der Waals surface area contributed by atoms with Crippen LogP contribution < -0.4 is 10.6 Å². The smallest absolute Gasteiger partial charge is 0.230 e. The standard InChI is InChI=1S/C16H13N3OS2/c20-14(18-15(21)19-16-17-8-9-22-16)10-12-6-3-5-11-4-1-2-7-13(11)12/h1-9H,10H2,(H2,17,18,19,20,21). The van der Waals surface area contributed by atoms with Crippen LogP contribution in [0.3, 0.4) is 0 Å². The summed E-state index contributed by atoms with van der Waals surface area (Å²) in [5.41, 5.74) is 0.979. The molecule has 0 saturated heterocycles. The zero-order valence-corrected chi connectivity index (χ0v) is 13.2. The molecule has 6 heteroatoms. The Balaban J connectivity index is 1.67. The number of fused-ring (bicyclic) bond motifs is 1. The minimum atomic E-state index is -0.148. The molecule has 0 saturated carbocycles. The monoisotopic (exact) mass is 327 g/mol. The van der Waals surface area contributed by atoms with Crippen LogP contribution in [0.5, 0.6) is 0 Å². The van der Waals surface area contributed by atoms with Crippen LogP contribution >= 0.6 is 23.6 Å². The van der Waals surface area contributed by atoms with E-state index in [1.54, 1.807) is 6.20 Å². The number of nitrogens with zero attached hydrogens (tertiary/aromatic N) is 1. The molecule has 1 aromatic heterocycles. The van der Waals surface area contributed by atoms with Crippen LogP contribution in [0.4, 0.5) is 5.13 Å². The topological polar surface area (TPSA) is 54.0 Å². The number of anilines is 1. The van der Waals surface area contributed by atoms with Gasteiger partial charge in [0.2, 0.25) is 5.91 Å². The summed E-state index contributed by atoms with van der Waals surface area (Å²) in [5.74, 6) is -0.148. The SMILES string of the molecule is O=C(Cc1cccc2ccccc12)NC(=S)Nc1nccs1. The summed E-state index contributed by atoms with van der Waals surface area (Å²) in [5, 5.41) is 10.5. The van der Waals surface area contributed by atoms with E-state index in [1.165, 1.54) is 11.3 Å². The van der Waals surface area contributed by atoms with Crippen molar-refractivity contribution in [2.24, 2.45) is 0 Å². The lowest BCUT2D eigenvalue weighted by Crippen LogP contribution is -2.35. The average molecular weight is 327 g/mol. The summed E-state index contributed by atoms with van der Waals surface area (Å²) in [6.45, 7) is 0. The normalized spacial score (nSPS) is 10.4. The third-order valence-electron chi connectivity index (χ3n) is 3.14. The van der Waals surface area contributed by atoms with E-state index in [-0.39, 0.29) is 17.4 Å². The second-order valence-electron chi connectivity index (χ2n) is 4.65. The Kier molecular flexibility index (Phi) is 4.41. The van der Waals surface area contributed by atoms with Gasteiger partial charge in [-0.15, -0.1) is 11.3 Å². The van der Waals surface area contributed by atoms with Crippen LogP contribution in [0.2, 0.25) is 0 Å². The van der Waals surface area contributed by atoms with Crippen LogP contribution in [0.15, 0.2) is 54.0 Å². The largest absolute Gasteiger partial charge is 0.308 e. The number of benzene rings is 2. The maximum Gasteiger partial charge on any atom is 0.230 e. The summed E-state index contributed by atoms with van der Waals surface area (Å²) in [6.07, 6.45) is 1.95. The molecule has 22 heavy (non-hydrogen) atoms. The molecule has 0 fully saturated rings. The minimum Gasteiger partial charge on any atom is -0.308 e. The van der Waals surface area contributed by atoms with Gasteiger partial charge in [-0.3, -0.25) is 4.79 Å². The molecule has 3 aromatic rings. The van der Waals surface area contributed by atoms with Gasteiger partial charge in [0.1, 0.15) is 0 Å². The molecule has 0 atom stereocenters. The zero-order chi connectivity index (χ0) is 15.4. The van der Waals surface area contributed by atoms with Gasteiger partial charge < -0.3 is 10.6 Å². The molecule has 0 bridgehead atoms. The van der Waals surface area contributed by atoms with Gasteiger partial charge in [-0.25, -0.2) is 4.98 Å². The molecule has 0 aliphatic heterocycles. The number of aromatic nitrogens is 1. The first-order chi connectivity index (χ1) is 10.7. The molecule has 0 spiro atoms. The average Bonchev–Trinajstić information content (AvgIpc) is 3.00. The van der Waals surface area contributed by atoms with Crippen molar-refractivity contribution in [3.8, 4) is 0 Å². The van der Waals surface area contributed by atoms with Crippen LogP contribution in [0.25, 0.3) is 10.8 Å². The summed E-state index contributed by atoms with van der Waals surface area (Å²) >= 11 is 6.54. The van der Waals surface area contributed by atoms with E-state index < -0.39 is 0 Å². The first-order valence-corrected chi connectivity index (χ1v) is 7.98. The number of carbonyl (C=O) groups excluding carboxylic acids is 1. The maximum absolute atomic E-state index is 12.1. The highest BCUT2D eigenvalue weighted by Crippen LogP contribution is 2.18. The predicted molar refractivity (Wildman–Crippen MR) is 94.1 cm³/mol. The molecule has 3 rings (SSSR count). The lowest BCUT2D eigenvalue weighted by atomic mass is 10.0. The fraction of sp³-hybridized carbons (Fsp3) is 0.0625. The van der Waals surface area contributed by atoms with Gasteiger partial charge in [-0.1, -0.05) is 42.5 Å². The Morgan fingerprint density at radius 1 is 1.18 bits per heavy atom. The van der Waals surface area contributed by atoms with E-state index in [2.05, 4.69) is 15.6 Å². The van der Waals surface area contributed by atoms with Gasteiger partial charge in [-0.2, -0.15) is 0 Å². The Labute approximate surface area is 137 Å². The minimum absolute atomic E-state index is 0.148. The van der Waals surface area contributed by atoms with Crippen molar-refractivity contribution >= 4 is 50.5 Å². The Morgan fingerprint density at radius 2 is 2.00 bits per heavy atom. The number of rotatable bonds is 3. The number of thiocarbonyl (C=S) groups is 1. The molecule has 1 heterocycles. The molecule has 0 aliphatic carbocycles. The van der Waals surface area contributed by atoms with E-state index in [0.29, 0.717) is 5.13 Å². The lowest BCUT2D eigenvalue weighted by molar-refractivity contribution is -0.119. The van der Waals surface area contributed by atoms with Crippen LogP contribution in [0.1, 0.15) is 5.56 Å². The van der Waals surface area contributed by atoms with E-state index in [0.717, 1.165) is 16.3 Å². The van der Waals surface area contributed by atoms with Crippen molar-refractivity contribution in [1.29, 1.82) is 0 Å². The van der Waals surface area contributed by atoms with Crippen molar-refractivity contribution in [3.05, 3.63) is 59.6 Å². The summed E-state index contributed by atoms with van der Waals surface area (Å²) in [6, 6.07) is 14.0. The molecule has 4 nitrogen and oxygen atoms in total. The number of hydrogen-bond acceptors (Lipinski definition) is 4. The van der Waals surface area contributed by atoms with Gasteiger partial charge in [0, 0.05) is 11.6 Å². The highest BCUT2D eigenvalue weighted by atomic mass is 32.1. The maximum atomic E-state index is 12.1. The summed E-state index contributed by atoms with van der Waals surface area (Å²) in [4.78, 5) is 16.2. The molecule has 110 valence electrons. The Morgan fingerprint density at radius 3 is 2.82 bits per heavy atom. The highest BCUT2D eigenvalue weighted by molar-refractivity contribution is 7.80.